The highest BCUT2D eigenvalue weighted by Gasteiger charge is 2.42. The van der Waals surface area contributed by atoms with Gasteiger partial charge in [0.25, 0.3) is 0 Å². The van der Waals surface area contributed by atoms with E-state index in [1.807, 2.05) is 12.2 Å². The molecule has 196 valence electrons. The number of unbranched alkanes of at least 4 members (excludes halogenated alkanes) is 3. The van der Waals surface area contributed by atoms with Crippen molar-refractivity contribution in [1.29, 1.82) is 0 Å². The monoisotopic (exact) mass is 493 g/mol. The Kier molecular flexibility index (Phi) is 9.94. The quantitative estimate of drug-likeness (QED) is 0.240. The lowest BCUT2D eigenvalue weighted by Crippen LogP contribution is -2.53. The Balaban J connectivity index is 1.50. The SMILES string of the molecule is CNC(=O)[C@@H]1C[C@@H](O)CN1C(=O)[C@H](CCCCC/C=C\[C@@H]1C[C@@H]1C(=O)O)NC(=O)OC1CCCC1. The fraction of sp³-hybridized carbons (Fsp3) is 0.760. The molecule has 0 bridgehead atoms. The van der Waals surface area contributed by atoms with E-state index in [-0.39, 0.29) is 42.7 Å². The molecule has 10 nitrogen and oxygen atoms in total. The molecule has 1 saturated heterocycles. The molecule has 35 heavy (non-hydrogen) atoms. The van der Waals surface area contributed by atoms with Crippen LogP contribution in [-0.2, 0) is 19.1 Å². The topological polar surface area (TPSA) is 145 Å². The predicted octanol–water partition coefficient (Wildman–Crippen LogP) is 1.96. The normalized spacial score (nSPS) is 27.1. The molecule has 10 heteroatoms. The minimum atomic E-state index is -0.834. The molecule has 5 atom stereocenters. The van der Waals surface area contributed by atoms with Gasteiger partial charge in [0.1, 0.15) is 18.2 Å². The van der Waals surface area contributed by atoms with Gasteiger partial charge < -0.3 is 30.5 Å². The average Bonchev–Trinajstić information content (AvgIpc) is 3.22. The van der Waals surface area contributed by atoms with Crippen molar-refractivity contribution in [1.82, 2.24) is 15.5 Å². The molecule has 3 aliphatic rings. The number of carbonyl (C=O) groups excluding carboxylic acids is 3. The first-order valence-corrected chi connectivity index (χ1v) is 12.9. The number of carbonyl (C=O) groups is 4. The fourth-order valence-electron chi connectivity index (χ4n) is 5.03. The highest BCUT2D eigenvalue weighted by atomic mass is 16.6. The number of aliphatic hydroxyl groups excluding tert-OH is 1. The number of amides is 3. The third kappa shape index (κ3) is 7.95. The van der Waals surface area contributed by atoms with Crippen LogP contribution in [0.2, 0.25) is 0 Å². The average molecular weight is 494 g/mol. The third-order valence-electron chi connectivity index (χ3n) is 7.18. The van der Waals surface area contributed by atoms with E-state index >= 15 is 0 Å². The van der Waals surface area contributed by atoms with Crippen LogP contribution in [-0.4, -0.2) is 76.9 Å². The van der Waals surface area contributed by atoms with Crippen molar-refractivity contribution in [2.75, 3.05) is 13.6 Å². The summed E-state index contributed by atoms with van der Waals surface area (Å²) in [5, 5.41) is 24.3. The maximum atomic E-state index is 13.3. The molecule has 0 unspecified atom stereocenters. The number of nitrogens with one attached hydrogen (secondary N) is 2. The Hall–Kier alpha value is -2.62. The van der Waals surface area contributed by atoms with Gasteiger partial charge in [-0.3, -0.25) is 14.4 Å². The summed E-state index contributed by atoms with van der Waals surface area (Å²) in [5.41, 5.74) is 0. The van der Waals surface area contributed by atoms with E-state index in [1.165, 1.54) is 11.9 Å². The molecule has 1 heterocycles. The first kappa shape index (κ1) is 27.0. The summed E-state index contributed by atoms with van der Waals surface area (Å²) in [4.78, 5) is 50.3. The van der Waals surface area contributed by atoms with Gasteiger partial charge >= 0.3 is 12.1 Å². The number of rotatable bonds is 12. The van der Waals surface area contributed by atoms with Crippen molar-refractivity contribution in [3.05, 3.63) is 12.2 Å². The highest BCUT2D eigenvalue weighted by molar-refractivity contribution is 5.91. The number of aliphatic hydroxyl groups is 1. The Labute approximate surface area is 206 Å². The molecule has 2 saturated carbocycles. The van der Waals surface area contributed by atoms with Crippen LogP contribution in [0.4, 0.5) is 4.79 Å². The largest absolute Gasteiger partial charge is 0.481 e. The zero-order chi connectivity index (χ0) is 25.4. The van der Waals surface area contributed by atoms with Crippen LogP contribution in [0, 0.1) is 11.8 Å². The zero-order valence-corrected chi connectivity index (χ0v) is 20.5. The number of carboxylic acids is 1. The molecular formula is C25H39N3O7. The third-order valence-corrected chi connectivity index (χ3v) is 7.18. The number of aliphatic carboxylic acids is 1. The number of allylic oxidation sites excluding steroid dienone is 2. The van der Waals surface area contributed by atoms with E-state index in [9.17, 15) is 24.3 Å². The van der Waals surface area contributed by atoms with Crippen LogP contribution in [0.1, 0.15) is 70.6 Å². The minimum absolute atomic E-state index is 0.0517. The predicted molar refractivity (Wildman–Crippen MR) is 127 cm³/mol. The molecular weight excluding hydrogens is 454 g/mol. The Morgan fingerprint density at radius 3 is 2.51 bits per heavy atom. The molecule has 0 aromatic rings. The number of carboxylic acid groups (broad SMARTS) is 1. The van der Waals surface area contributed by atoms with Crippen molar-refractivity contribution in [3.63, 3.8) is 0 Å². The Bertz CT molecular complexity index is 796. The van der Waals surface area contributed by atoms with Crippen molar-refractivity contribution in [2.24, 2.45) is 11.8 Å². The van der Waals surface area contributed by atoms with E-state index in [4.69, 9.17) is 9.84 Å². The minimum Gasteiger partial charge on any atom is -0.481 e. The number of likely N-dealkylation sites (tertiary alicyclic amines) is 1. The second-order valence-electron chi connectivity index (χ2n) is 9.93. The lowest BCUT2D eigenvalue weighted by molar-refractivity contribution is -0.140. The van der Waals surface area contributed by atoms with Crippen LogP contribution >= 0.6 is 0 Å². The molecule has 3 rings (SSSR count). The van der Waals surface area contributed by atoms with E-state index in [2.05, 4.69) is 10.6 Å². The van der Waals surface area contributed by atoms with Crippen molar-refractivity contribution in [3.8, 4) is 0 Å². The van der Waals surface area contributed by atoms with Crippen molar-refractivity contribution < 1.29 is 34.1 Å². The number of hydrogen-bond donors (Lipinski definition) is 4. The first-order chi connectivity index (χ1) is 16.8. The van der Waals surface area contributed by atoms with Gasteiger partial charge in [-0.15, -0.1) is 0 Å². The number of alkyl carbamates (subject to hydrolysis) is 1. The van der Waals surface area contributed by atoms with E-state index in [0.29, 0.717) is 19.3 Å². The van der Waals surface area contributed by atoms with Gasteiger partial charge in [-0.2, -0.15) is 0 Å². The Morgan fingerprint density at radius 2 is 1.86 bits per heavy atom. The van der Waals surface area contributed by atoms with Crippen molar-refractivity contribution >= 4 is 23.9 Å². The maximum absolute atomic E-state index is 13.3. The molecule has 0 spiro atoms. The second-order valence-corrected chi connectivity index (χ2v) is 9.93. The number of nitrogens with zero attached hydrogens (tertiary/aromatic N) is 1. The van der Waals surface area contributed by atoms with Crippen molar-refractivity contribution in [2.45, 2.75) is 94.9 Å². The number of β-amino-alcohol motifs (C(OH)–C–C–N with tert-alkyl or cyclic N) is 1. The Morgan fingerprint density at radius 1 is 1.11 bits per heavy atom. The zero-order valence-electron chi connectivity index (χ0n) is 20.5. The van der Waals surface area contributed by atoms with Crippen LogP contribution < -0.4 is 10.6 Å². The first-order valence-electron chi connectivity index (χ1n) is 12.9. The summed E-state index contributed by atoms with van der Waals surface area (Å²) in [5.74, 6) is -1.55. The van der Waals surface area contributed by atoms with Crippen LogP contribution in [0.15, 0.2) is 12.2 Å². The van der Waals surface area contributed by atoms with E-state index < -0.39 is 30.3 Å². The van der Waals surface area contributed by atoms with Gasteiger partial charge in [0, 0.05) is 20.0 Å². The highest BCUT2D eigenvalue weighted by Crippen LogP contribution is 2.39. The molecule has 1 aliphatic heterocycles. The molecule has 0 aromatic carbocycles. The van der Waals surface area contributed by atoms with Gasteiger partial charge in [0.05, 0.1) is 12.0 Å². The number of hydrogen-bond acceptors (Lipinski definition) is 6. The molecule has 0 aromatic heterocycles. The lowest BCUT2D eigenvalue weighted by Gasteiger charge is -2.28. The van der Waals surface area contributed by atoms with Gasteiger partial charge in [0.15, 0.2) is 0 Å². The summed E-state index contributed by atoms with van der Waals surface area (Å²) in [6, 6.07) is -1.60. The summed E-state index contributed by atoms with van der Waals surface area (Å²) in [6.45, 7) is 0.0517. The second kappa shape index (κ2) is 12.9. The molecule has 0 radical (unpaired) electrons. The molecule has 3 amide bonds. The summed E-state index contributed by atoms with van der Waals surface area (Å²) >= 11 is 0. The summed E-state index contributed by atoms with van der Waals surface area (Å²) in [7, 11) is 1.49. The van der Waals surface area contributed by atoms with Crippen LogP contribution in [0.25, 0.3) is 0 Å². The van der Waals surface area contributed by atoms with Crippen LogP contribution in [0.3, 0.4) is 0 Å². The van der Waals surface area contributed by atoms with Gasteiger partial charge in [-0.1, -0.05) is 25.0 Å². The van der Waals surface area contributed by atoms with E-state index in [1.54, 1.807) is 0 Å². The number of ether oxygens (including phenoxy) is 1. The molecule has 2 aliphatic carbocycles. The van der Waals surface area contributed by atoms with Gasteiger partial charge in [0.2, 0.25) is 11.8 Å². The number of likely N-dealkylation sites (N-methyl/N-ethyl adjacent to an activating group) is 1. The van der Waals surface area contributed by atoms with Gasteiger partial charge in [-0.25, -0.2) is 4.79 Å². The van der Waals surface area contributed by atoms with E-state index in [0.717, 1.165) is 44.9 Å². The lowest BCUT2D eigenvalue weighted by atomic mass is 10.0. The van der Waals surface area contributed by atoms with Gasteiger partial charge in [-0.05, 0) is 57.3 Å². The molecule has 4 N–H and O–H groups in total. The summed E-state index contributed by atoms with van der Waals surface area (Å²) < 4.78 is 5.48. The van der Waals surface area contributed by atoms with Crippen LogP contribution in [0.5, 0.6) is 0 Å². The fourth-order valence-corrected chi connectivity index (χ4v) is 5.03. The summed E-state index contributed by atoms with van der Waals surface area (Å²) in [6.07, 6.45) is 10.7. The molecule has 3 fully saturated rings. The maximum Gasteiger partial charge on any atom is 0.408 e. The standard InChI is InChI=1S/C25H39N3O7/c1-26-22(30)21-14-17(29)15-28(21)23(31)20(27-25(34)35-18-10-7-8-11-18)12-6-4-2-3-5-9-16-13-19(16)24(32)33/h5,9,16-21,29H,2-4,6-8,10-15H2,1H3,(H,26,30)(H,27,34)(H,32,33)/b9-5-/t16-,17-,19+,20+,21+/m1/s1. The smallest absolute Gasteiger partial charge is 0.408 e.